The van der Waals surface area contributed by atoms with E-state index in [2.05, 4.69) is 20.4 Å². The van der Waals surface area contributed by atoms with Crippen LogP contribution in [0.5, 0.6) is 0 Å². The number of nitrogens with one attached hydrogen (secondary N) is 1. The summed E-state index contributed by atoms with van der Waals surface area (Å²) in [5.41, 5.74) is 2.10. The van der Waals surface area contributed by atoms with Crippen molar-refractivity contribution in [1.29, 1.82) is 0 Å². The van der Waals surface area contributed by atoms with Crippen molar-refractivity contribution in [1.82, 2.24) is 15.1 Å². The van der Waals surface area contributed by atoms with Crippen molar-refractivity contribution in [2.75, 3.05) is 5.32 Å². The Morgan fingerprint density at radius 3 is 2.77 bits per heavy atom. The third-order valence-electron chi connectivity index (χ3n) is 4.15. The Morgan fingerprint density at radius 2 is 1.97 bits per heavy atom. The average Bonchev–Trinajstić information content (AvgIpc) is 3.33. The summed E-state index contributed by atoms with van der Waals surface area (Å²) in [6.07, 6.45) is 0.0781. The Balaban J connectivity index is 1.30. The van der Waals surface area contributed by atoms with Gasteiger partial charge in [-0.1, -0.05) is 29.1 Å². The van der Waals surface area contributed by atoms with Crippen LogP contribution in [0.1, 0.15) is 23.7 Å². The fraction of sp³-hybridized carbons (Fsp3) is 0.200. The number of rotatable bonds is 7. The van der Waals surface area contributed by atoms with Gasteiger partial charge in [-0.2, -0.15) is 4.98 Å². The molecular weight excluding hydrogens is 414 g/mol. The van der Waals surface area contributed by atoms with E-state index in [1.54, 1.807) is 0 Å². The summed E-state index contributed by atoms with van der Waals surface area (Å²) in [6, 6.07) is 9.11. The molecule has 0 aliphatic carbocycles. The second-order valence-electron chi connectivity index (χ2n) is 6.49. The fourth-order valence-electron chi connectivity index (χ4n) is 2.69. The molecule has 0 aliphatic rings. The summed E-state index contributed by atoms with van der Waals surface area (Å²) >= 11 is 1.32. The molecule has 0 radical (unpaired) electrons. The van der Waals surface area contributed by atoms with Crippen LogP contribution in [-0.4, -0.2) is 21.0 Å². The number of hydrogen-bond acceptors (Lipinski definition) is 7. The Hall–Kier alpha value is -3.27. The van der Waals surface area contributed by atoms with E-state index in [0.29, 0.717) is 22.4 Å². The highest BCUT2D eigenvalue weighted by molar-refractivity contribution is 7.98. The zero-order valence-electron chi connectivity index (χ0n) is 15.8. The number of benzene rings is 2. The lowest BCUT2D eigenvalue weighted by Gasteiger charge is -2.06. The number of halogens is 2. The van der Waals surface area contributed by atoms with Gasteiger partial charge in [0.15, 0.2) is 11.4 Å². The van der Waals surface area contributed by atoms with Gasteiger partial charge in [-0.05, 0) is 36.8 Å². The first kappa shape index (κ1) is 20.0. The van der Waals surface area contributed by atoms with Crippen LogP contribution in [0.25, 0.3) is 11.1 Å². The molecule has 0 saturated heterocycles. The van der Waals surface area contributed by atoms with Crippen molar-refractivity contribution < 1.29 is 22.5 Å². The number of anilines is 1. The van der Waals surface area contributed by atoms with Crippen LogP contribution < -0.4 is 5.32 Å². The summed E-state index contributed by atoms with van der Waals surface area (Å²) in [5.74, 6) is -1.18. The Kier molecular flexibility index (Phi) is 5.75. The lowest BCUT2D eigenvalue weighted by Crippen LogP contribution is -2.14. The number of carbonyl (C=O) groups is 1. The fourth-order valence-corrected chi connectivity index (χ4v) is 3.38. The highest BCUT2D eigenvalue weighted by Crippen LogP contribution is 2.26. The van der Waals surface area contributed by atoms with Crippen LogP contribution in [0.3, 0.4) is 0 Å². The van der Waals surface area contributed by atoms with E-state index in [4.69, 9.17) is 8.94 Å². The van der Waals surface area contributed by atoms with Gasteiger partial charge in [-0.15, -0.1) is 0 Å². The molecule has 2 aromatic heterocycles. The smallest absolute Gasteiger partial charge is 0.257 e. The standard InChI is InChI=1S/C20H16F2N4O3S/c1-11-5-6-15-14(9-11)23-20(28-15)30-10-16-24-18(29-26-16)8-7-17(27)25-19-12(21)3-2-4-13(19)22/h2-6,9H,7-8,10H2,1H3,(H,25,27). The number of amides is 1. The zero-order chi connectivity index (χ0) is 21.1. The van der Waals surface area contributed by atoms with Crippen molar-refractivity contribution in [3.05, 3.63) is 65.3 Å². The van der Waals surface area contributed by atoms with Crippen molar-refractivity contribution in [3.8, 4) is 0 Å². The largest absolute Gasteiger partial charge is 0.431 e. The van der Waals surface area contributed by atoms with Gasteiger partial charge in [0.2, 0.25) is 11.8 Å². The molecule has 0 unspecified atom stereocenters. The number of hydrogen-bond donors (Lipinski definition) is 1. The van der Waals surface area contributed by atoms with Gasteiger partial charge in [0, 0.05) is 12.8 Å². The van der Waals surface area contributed by atoms with Crippen LogP contribution >= 0.6 is 11.8 Å². The first-order valence-electron chi connectivity index (χ1n) is 9.03. The quantitative estimate of drug-likeness (QED) is 0.426. The van der Waals surface area contributed by atoms with Gasteiger partial charge in [-0.25, -0.2) is 13.8 Å². The van der Waals surface area contributed by atoms with Gasteiger partial charge in [-0.3, -0.25) is 4.79 Å². The van der Waals surface area contributed by atoms with Gasteiger partial charge in [0.1, 0.15) is 22.8 Å². The third-order valence-corrected chi connectivity index (χ3v) is 4.98. The molecule has 7 nitrogen and oxygen atoms in total. The number of aryl methyl sites for hydroxylation is 2. The van der Waals surface area contributed by atoms with E-state index in [0.717, 1.165) is 23.2 Å². The Labute approximate surface area is 173 Å². The predicted octanol–water partition coefficient (Wildman–Crippen LogP) is 4.66. The van der Waals surface area contributed by atoms with E-state index < -0.39 is 23.2 Å². The summed E-state index contributed by atoms with van der Waals surface area (Å²) in [5, 5.41) is 6.57. The molecule has 1 N–H and O–H groups in total. The predicted molar refractivity (Wildman–Crippen MR) is 106 cm³/mol. The number of aromatic nitrogens is 3. The number of oxazole rings is 1. The summed E-state index contributed by atoms with van der Waals surface area (Å²) in [7, 11) is 0. The van der Waals surface area contributed by atoms with E-state index in [1.807, 2.05) is 25.1 Å². The van der Waals surface area contributed by atoms with Crippen molar-refractivity contribution in [2.45, 2.75) is 30.7 Å². The maximum Gasteiger partial charge on any atom is 0.257 e. The molecule has 1 amide bonds. The summed E-state index contributed by atoms with van der Waals surface area (Å²) in [4.78, 5) is 20.6. The van der Waals surface area contributed by atoms with Crippen molar-refractivity contribution >= 4 is 34.5 Å². The van der Waals surface area contributed by atoms with Crippen LogP contribution in [0.4, 0.5) is 14.5 Å². The van der Waals surface area contributed by atoms with Crippen LogP contribution in [0, 0.1) is 18.6 Å². The minimum absolute atomic E-state index is 0.0625. The van der Waals surface area contributed by atoms with E-state index in [1.165, 1.54) is 17.8 Å². The minimum atomic E-state index is -0.838. The first-order chi connectivity index (χ1) is 14.5. The molecule has 154 valence electrons. The highest BCUT2D eigenvalue weighted by Gasteiger charge is 2.15. The number of para-hydroxylation sites is 1. The normalized spacial score (nSPS) is 11.2. The maximum atomic E-state index is 13.6. The number of fused-ring (bicyclic) bond motifs is 1. The monoisotopic (exact) mass is 430 g/mol. The molecule has 2 aromatic carbocycles. The molecule has 0 aliphatic heterocycles. The van der Waals surface area contributed by atoms with Crippen LogP contribution in [0.2, 0.25) is 0 Å². The second kappa shape index (κ2) is 8.62. The van der Waals surface area contributed by atoms with E-state index in [9.17, 15) is 13.6 Å². The topological polar surface area (TPSA) is 94.0 Å². The van der Waals surface area contributed by atoms with Crippen molar-refractivity contribution in [3.63, 3.8) is 0 Å². The van der Waals surface area contributed by atoms with E-state index >= 15 is 0 Å². The van der Waals surface area contributed by atoms with Gasteiger partial charge < -0.3 is 14.3 Å². The lowest BCUT2D eigenvalue weighted by molar-refractivity contribution is -0.116. The van der Waals surface area contributed by atoms with Gasteiger partial charge >= 0.3 is 0 Å². The minimum Gasteiger partial charge on any atom is -0.431 e. The third kappa shape index (κ3) is 4.65. The maximum absolute atomic E-state index is 13.6. The molecule has 0 saturated carbocycles. The molecule has 10 heteroatoms. The van der Waals surface area contributed by atoms with Crippen molar-refractivity contribution in [2.24, 2.45) is 0 Å². The SMILES string of the molecule is Cc1ccc2oc(SCc3noc(CCC(=O)Nc4c(F)cccc4F)n3)nc2c1. The number of carbonyl (C=O) groups excluding carboxylic acids is 1. The molecule has 0 bridgehead atoms. The molecule has 2 heterocycles. The molecular formula is C20H16F2N4O3S. The van der Waals surface area contributed by atoms with E-state index in [-0.39, 0.29) is 18.7 Å². The second-order valence-corrected chi connectivity index (χ2v) is 7.42. The summed E-state index contributed by atoms with van der Waals surface area (Å²) < 4.78 is 37.9. The molecule has 0 atom stereocenters. The highest BCUT2D eigenvalue weighted by atomic mass is 32.2. The molecule has 0 spiro atoms. The molecule has 4 rings (SSSR count). The molecule has 30 heavy (non-hydrogen) atoms. The number of thioether (sulfide) groups is 1. The Bertz CT molecular complexity index is 1190. The van der Waals surface area contributed by atoms with Gasteiger partial charge in [0.25, 0.3) is 5.22 Å². The first-order valence-corrected chi connectivity index (χ1v) is 10.0. The summed E-state index contributed by atoms with van der Waals surface area (Å²) in [6.45, 7) is 1.98. The molecule has 4 aromatic rings. The molecule has 0 fully saturated rings. The lowest BCUT2D eigenvalue weighted by atomic mass is 10.2. The van der Waals surface area contributed by atoms with Crippen LogP contribution in [0.15, 0.2) is 50.6 Å². The Morgan fingerprint density at radius 1 is 1.17 bits per heavy atom. The van der Waals surface area contributed by atoms with Gasteiger partial charge in [0.05, 0.1) is 5.75 Å². The zero-order valence-corrected chi connectivity index (χ0v) is 16.6. The average molecular weight is 430 g/mol. The number of nitrogens with zero attached hydrogens (tertiary/aromatic N) is 3. The van der Waals surface area contributed by atoms with Crippen LogP contribution in [-0.2, 0) is 17.0 Å².